The third-order valence-corrected chi connectivity index (χ3v) is 1.63. The van der Waals surface area contributed by atoms with Crippen LogP contribution in [0.25, 0.3) is 0 Å². The highest BCUT2D eigenvalue weighted by Crippen LogP contribution is 2.13. The number of rotatable bonds is 4. The zero-order chi connectivity index (χ0) is 11.3. The zero-order valence-electron chi connectivity index (χ0n) is 9.87. The quantitative estimate of drug-likeness (QED) is 0.821. The van der Waals surface area contributed by atoms with Gasteiger partial charge in [0.2, 0.25) is 5.88 Å². The van der Waals surface area contributed by atoms with Crippen LogP contribution < -0.4 is 10.1 Å². The van der Waals surface area contributed by atoms with Crippen molar-refractivity contribution in [2.24, 2.45) is 0 Å². The van der Waals surface area contributed by atoms with Crippen LogP contribution in [0.1, 0.15) is 33.4 Å². The molecule has 0 radical (unpaired) electrons. The Labute approximate surface area is 91.1 Å². The van der Waals surface area contributed by atoms with Gasteiger partial charge >= 0.3 is 0 Å². The average Bonchev–Trinajstić information content (AvgIpc) is 2.12. The van der Waals surface area contributed by atoms with Crippen LogP contribution in [0.2, 0.25) is 0 Å². The lowest BCUT2D eigenvalue weighted by Crippen LogP contribution is -2.24. The normalized spacial score (nSPS) is 11.5. The van der Waals surface area contributed by atoms with Crippen molar-refractivity contribution in [2.75, 3.05) is 6.54 Å². The second-order valence-electron chi connectivity index (χ2n) is 4.34. The van der Waals surface area contributed by atoms with E-state index in [-0.39, 0.29) is 5.60 Å². The van der Waals surface area contributed by atoms with E-state index in [1.165, 1.54) is 0 Å². The molecule has 0 saturated carbocycles. The van der Waals surface area contributed by atoms with Crippen LogP contribution in [-0.4, -0.2) is 22.1 Å². The van der Waals surface area contributed by atoms with Crippen molar-refractivity contribution in [1.29, 1.82) is 0 Å². The predicted octanol–water partition coefficient (Wildman–Crippen LogP) is 1.76. The van der Waals surface area contributed by atoms with Crippen LogP contribution in [0.5, 0.6) is 5.88 Å². The molecule has 4 heteroatoms. The number of aromatic nitrogens is 2. The van der Waals surface area contributed by atoms with Crippen molar-refractivity contribution < 1.29 is 4.74 Å². The standard InChI is InChI=1S/C11H19N3O/c1-5-12-6-9-7-13-8-10(14-9)15-11(2,3)4/h7-8,12H,5-6H2,1-4H3. The lowest BCUT2D eigenvalue weighted by molar-refractivity contribution is 0.123. The molecular weight excluding hydrogens is 190 g/mol. The van der Waals surface area contributed by atoms with Crippen LogP contribution in [0.15, 0.2) is 12.4 Å². The lowest BCUT2D eigenvalue weighted by atomic mass is 10.2. The molecular formula is C11H19N3O. The molecule has 15 heavy (non-hydrogen) atoms. The van der Waals surface area contributed by atoms with Gasteiger partial charge in [-0.15, -0.1) is 0 Å². The number of hydrogen-bond donors (Lipinski definition) is 1. The Morgan fingerprint density at radius 2 is 2.07 bits per heavy atom. The van der Waals surface area contributed by atoms with Gasteiger partial charge in [0.1, 0.15) is 5.60 Å². The highest BCUT2D eigenvalue weighted by Gasteiger charge is 2.12. The molecule has 0 atom stereocenters. The summed E-state index contributed by atoms with van der Waals surface area (Å²) in [7, 11) is 0. The molecule has 0 aliphatic carbocycles. The van der Waals surface area contributed by atoms with E-state index in [4.69, 9.17) is 4.74 Å². The molecule has 4 nitrogen and oxygen atoms in total. The van der Waals surface area contributed by atoms with Gasteiger partial charge in [0.05, 0.1) is 11.9 Å². The minimum Gasteiger partial charge on any atom is -0.471 e. The third kappa shape index (κ3) is 4.74. The summed E-state index contributed by atoms with van der Waals surface area (Å²) in [5.74, 6) is 0.581. The zero-order valence-corrected chi connectivity index (χ0v) is 9.87. The molecule has 1 N–H and O–H groups in total. The first kappa shape index (κ1) is 11.9. The molecule has 1 aromatic rings. The van der Waals surface area contributed by atoms with Gasteiger partial charge in [0.15, 0.2) is 0 Å². The van der Waals surface area contributed by atoms with Gasteiger partial charge in [-0.05, 0) is 27.3 Å². The molecule has 0 aliphatic rings. The SMILES string of the molecule is CCNCc1cncc(OC(C)(C)C)n1. The first-order valence-electron chi connectivity index (χ1n) is 5.22. The Balaban J connectivity index is 2.66. The van der Waals surface area contributed by atoms with Crippen LogP contribution in [-0.2, 0) is 6.54 Å². The molecule has 84 valence electrons. The summed E-state index contributed by atoms with van der Waals surface area (Å²) in [4.78, 5) is 8.44. The highest BCUT2D eigenvalue weighted by atomic mass is 16.5. The lowest BCUT2D eigenvalue weighted by Gasteiger charge is -2.20. The van der Waals surface area contributed by atoms with Crippen molar-refractivity contribution in [1.82, 2.24) is 15.3 Å². The van der Waals surface area contributed by atoms with Gasteiger partial charge in [0.25, 0.3) is 0 Å². The average molecular weight is 209 g/mol. The van der Waals surface area contributed by atoms with Crippen molar-refractivity contribution in [3.63, 3.8) is 0 Å². The molecule has 1 heterocycles. The smallest absolute Gasteiger partial charge is 0.233 e. The van der Waals surface area contributed by atoms with Gasteiger partial charge in [0, 0.05) is 12.7 Å². The molecule has 0 bridgehead atoms. The largest absolute Gasteiger partial charge is 0.471 e. The Morgan fingerprint density at radius 1 is 1.33 bits per heavy atom. The summed E-state index contributed by atoms with van der Waals surface area (Å²) in [6.45, 7) is 9.68. The van der Waals surface area contributed by atoms with E-state index in [0.717, 1.165) is 18.8 Å². The second kappa shape index (κ2) is 5.07. The maximum absolute atomic E-state index is 5.62. The van der Waals surface area contributed by atoms with E-state index < -0.39 is 0 Å². The summed E-state index contributed by atoms with van der Waals surface area (Å²) in [6, 6.07) is 0. The minimum absolute atomic E-state index is 0.231. The first-order chi connectivity index (χ1) is 7.01. The second-order valence-corrected chi connectivity index (χ2v) is 4.34. The molecule has 1 rings (SSSR count). The van der Waals surface area contributed by atoms with Crippen LogP contribution in [0, 0.1) is 0 Å². The van der Waals surface area contributed by atoms with Crippen LogP contribution >= 0.6 is 0 Å². The van der Waals surface area contributed by atoms with E-state index in [0.29, 0.717) is 5.88 Å². The van der Waals surface area contributed by atoms with Gasteiger partial charge in [-0.1, -0.05) is 6.92 Å². The Kier molecular flexibility index (Phi) is 4.03. The summed E-state index contributed by atoms with van der Waals surface area (Å²) < 4.78 is 5.62. The summed E-state index contributed by atoms with van der Waals surface area (Å²) >= 11 is 0. The van der Waals surface area contributed by atoms with Crippen molar-refractivity contribution in [2.45, 2.75) is 39.8 Å². The topological polar surface area (TPSA) is 47.0 Å². The van der Waals surface area contributed by atoms with Crippen molar-refractivity contribution >= 4 is 0 Å². The molecule has 0 fully saturated rings. The van der Waals surface area contributed by atoms with Gasteiger partial charge < -0.3 is 10.1 Å². The molecule has 1 aromatic heterocycles. The molecule has 0 aromatic carbocycles. The molecule has 0 spiro atoms. The number of hydrogen-bond acceptors (Lipinski definition) is 4. The fraction of sp³-hybridized carbons (Fsp3) is 0.636. The Morgan fingerprint density at radius 3 is 2.67 bits per heavy atom. The molecule has 0 aliphatic heterocycles. The first-order valence-corrected chi connectivity index (χ1v) is 5.22. The molecule has 0 unspecified atom stereocenters. The molecule has 0 amide bonds. The third-order valence-electron chi connectivity index (χ3n) is 1.63. The summed E-state index contributed by atoms with van der Waals surface area (Å²) in [6.07, 6.45) is 3.39. The number of nitrogens with one attached hydrogen (secondary N) is 1. The number of ether oxygens (including phenoxy) is 1. The van der Waals surface area contributed by atoms with E-state index >= 15 is 0 Å². The fourth-order valence-corrected chi connectivity index (χ4v) is 1.09. The van der Waals surface area contributed by atoms with E-state index in [1.54, 1.807) is 12.4 Å². The predicted molar refractivity (Wildman–Crippen MR) is 59.8 cm³/mol. The van der Waals surface area contributed by atoms with Gasteiger partial charge in [-0.25, -0.2) is 4.98 Å². The Bertz CT molecular complexity index is 307. The maximum Gasteiger partial charge on any atom is 0.233 e. The minimum atomic E-state index is -0.231. The Hall–Kier alpha value is -1.16. The van der Waals surface area contributed by atoms with Gasteiger partial charge in [-0.3, -0.25) is 4.98 Å². The van der Waals surface area contributed by atoms with E-state index in [9.17, 15) is 0 Å². The summed E-state index contributed by atoms with van der Waals surface area (Å²) in [5.41, 5.74) is 0.671. The maximum atomic E-state index is 5.62. The molecule has 0 saturated heterocycles. The highest BCUT2D eigenvalue weighted by molar-refractivity contribution is 5.09. The number of nitrogens with zero attached hydrogens (tertiary/aromatic N) is 2. The van der Waals surface area contributed by atoms with Crippen LogP contribution in [0.4, 0.5) is 0 Å². The fourth-order valence-electron chi connectivity index (χ4n) is 1.09. The van der Waals surface area contributed by atoms with Gasteiger partial charge in [-0.2, -0.15) is 0 Å². The summed E-state index contributed by atoms with van der Waals surface area (Å²) in [5, 5.41) is 3.20. The van der Waals surface area contributed by atoms with Crippen molar-refractivity contribution in [3.8, 4) is 5.88 Å². The monoisotopic (exact) mass is 209 g/mol. The van der Waals surface area contributed by atoms with Crippen LogP contribution in [0.3, 0.4) is 0 Å². The van der Waals surface area contributed by atoms with E-state index in [1.807, 2.05) is 20.8 Å². The van der Waals surface area contributed by atoms with Crippen molar-refractivity contribution in [3.05, 3.63) is 18.1 Å². The van der Waals surface area contributed by atoms with E-state index in [2.05, 4.69) is 22.2 Å².